The molecule has 0 aromatic heterocycles. The Morgan fingerprint density at radius 3 is 2.41 bits per heavy atom. The number of carbonyl (C=O) groups is 2. The van der Waals surface area contributed by atoms with Crippen molar-refractivity contribution in [3.63, 3.8) is 0 Å². The molecule has 37 heavy (non-hydrogen) atoms. The van der Waals surface area contributed by atoms with Gasteiger partial charge in [-0.05, 0) is 41.0 Å². The average molecular weight is 503 g/mol. The van der Waals surface area contributed by atoms with Gasteiger partial charge in [-0.3, -0.25) is 14.5 Å². The van der Waals surface area contributed by atoms with Gasteiger partial charge < -0.3 is 24.2 Å². The molecule has 1 saturated heterocycles. The van der Waals surface area contributed by atoms with E-state index in [0.29, 0.717) is 30.3 Å². The summed E-state index contributed by atoms with van der Waals surface area (Å²) in [5, 5.41) is 10.4. The van der Waals surface area contributed by atoms with Crippen LogP contribution < -0.4 is 14.2 Å². The first-order valence-electron chi connectivity index (χ1n) is 12.2. The van der Waals surface area contributed by atoms with Gasteiger partial charge in [-0.15, -0.1) is 0 Å². The van der Waals surface area contributed by atoms with Gasteiger partial charge in [0.15, 0.2) is 11.5 Å². The number of likely N-dealkylation sites (tertiary alicyclic amines) is 1. The number of carboxylic acid groups (broad SMARTS) is 1. The lowest BCUT2D eigenvalue weighted by Gasteiger charge is -2.28. The van der Waals surface area contributed by atoms with E-state index in [4.69, 9.17) is 14.2 Å². The first-order valence-corrected chi connectivity index (χ1v) is 12.2. The molecule has 1 fully saturated rings. The highest BCUT2D eigenvalue weighted by atomic mass is 16.7. The van der Waals surface area contributed by atoms with E-state index in [1.165, 1.54) is 0 Å². The molecule has 8 nitrogen and oxygen atoms in total. The highest BCUT2D eigenvalue weighted by Gasteiger charge is 2.48. The number of hydrogen-bond acceptors (Lipinski definition) is 6. The zero-order chi connectivity index (χ0) is 25.9. The topological polar surface area (TPSA) is 88.5 Å². The number of carbonyl (C=O) groups excluding carboxylic acids is 1. The van der Waals surface area contributed by atoms with Crippen molar-refractivity contribution < 1.29 is 28.9 Å². The number of benzene rings is 3. The molecule has 0 bridgehead atoms. The summed E-state index contributed by atoms with van der Waals surface area (Å²) in [5.74, 6) is -0.137. The smallest absolute Gasteiger partial charge is 0.309 e. The zero-order valence-corrected chi connectivity index (χ0v) is 20.9. The van der Waals surface area contributed by atoms with Gasteiger partial charge >= 0.3 is 5.97 Å². The fraction of sp³-hybridized carbons (Fsp3) is 0.310. The molecule has 2 aliphatic heterocycles. The lowest BCUT2D eigenvalue weighted by Crippen LogP contribution is -2.39. The highest BCUT2D eigenvalue weighted by molar-refractivity contribution is 5.79. The predicted octanol–water partition coefficient (Wildman–Crippen LogP) is 3.92. The van der Waals surface area contributed by atoms with Gasteiger partial charge in [0, 0.05) is 32.1 Å². The third kappa shape index (κ3) is 5.11. The highest BCUT2D eigenvalue weighted by Crippen LogP contribution is 2.47. The molecule has 3 aromatic rings. The number of rotatable bonds is 8. The minimum absolute atomic E-state index is 0.0714. The van der Waals surface area contributed by atoms with Crippen LogP contribution in [-0.2, 0) is 16.1 Å². The fourth-order valence-corrected chi connectivity index (χ4v) is 5.31. The molecular weight excluding hydrogens is 472 g/mol. The second-order valence-electron chi connectivity index (χ2n) is 9.47. The number of nitrogens with zero attached hydrogens (tertiary/aromatic N) is 2. The number of amides is 1. The van der Waals surface area contributed by atoms with Crippen LogP contribution in [0.3, 0.4) is 0 Å². The molecule has 1 amide bonds. The van der Waals surface area contributed by atoms with Crippen molar-refractivity contribution in [3.8, 4) is 17.2 Å². The van der Waals surface area contributed by atoms with E-state index in [-0.39, 0.29) is 25.2 Å². The van der Waals surface area contributed by atoms with Crippen LogP contribution in [0.25, 0.3) is 0 Å². The maximum absolute atomic E-state index is 13.3. The lowest BCUT2D eigenvalue weighted by atomic mass is 9.82. The molecule has 0 saturated carbocycles. The minimum atomic E-state index is -0.906. The number of fused-ring (bicyclic) bond motifs is 1. The fourth-order valence-electron chi connectivity index (χ4n) is 5.31. The minimum Gasteiger partial charge on any atom is -0.497 e. The Bertz CT molecular complexity index is 1260. The summed E-state index contributed by atoms with van der Waals surface area (Å²) in [6, 6.07) is 22.3. The van der Waals surface area contributed by atoms with Crippen LogP contribution >= 0.6 is 0 Å². The number of hydrogen-bond donors (Lipinski definition) is 1. The Morgan fingerprint density at radius 2 is 1.70 bits per heavy atom. The first kappa shape index (κ1) is 24.6. The van der Waals surface area contributed by atoms with E-state index in [1.54, 1.807) is 19.1 Å². The van der Waals surface area contributed by atoms with Gasteiger partial charge in [-0.25, -0.2) is 0 Å². The number of methoxy groups -OCH3 is 1. The Morgan fingerprint density at radius 1 is 1.00 bits per heavy atom. The monoisotopic (exact) mass is 502 g/mol. The predicted molar refractivity (Wildman–Crippen MR) is 137 cm³/mol. The van der Waals surface area contributed by atoms with Crippen LogP contribution in [0.15, 0.2) is 72.8 Å². The van der Waals surface area contributed by atoms with Crippen molar-refractivity contribution in [1.82, 2.24) is 9.80 Å². The summed E-state index contributed by atoms with van der Waals surface area (Å²) >= 11 is 0. The second kappa shape index (κ2) is 10.5. The molecule has 192 valence electrons. The Balaban J connectivity index is 1.45. The van der Waals surface area contributed by atoms with Crippen LogP contribution in [0.1, 0.15) is 28.7 Å². The number of ether oxygens (including phenoxy) is 3. The van der Waals surface area contributed by atoms with Gasteiger partial charge in [0.25, 0.3) is 0 Å². The van der Waals surface area contributed by atoms with Gasteiger partial charge in [-0.1, -0.05) is 48.5 Å². The quantitative estimate of drug-likeness (QED) is 0.499. The van der Waals surface area contributed by atoms with Crippen molar-refractivity contribution in [1.29, 1.82) is 0 Å². The number of aliphatic carboxylic acids is 1. The molecular formula is C29H30N2O6. The SMILES string of the molecule is COc1ccc([C@@H]2[C@@H](C(=O)O)[C@H](c3ccc4c(c3)OCO4)CN2CC(=O)N(C)Cc2ccccc2)cc1. The average Bonchev–Trinajstić information content (AvgIpc) is 3.53. The maximum atomic E-state index is 13.3. The van der Waals surface area contributed by atoms with Crippen molar-refractivity contribution in [2.24, 2.45) is 5.92 Å². The second-order valence-corrected chi connectivity index (χ2v) is 9.47. The summed E-state index contributed by atoms with van der Waals surface area (Å²) in [5.41, 5.74) is 2.71. The first-order chi connectivity index (χ1) is 17.9. The van der Waals surface area contributed by atoms with Gasteiger partial charge in [0.05, 0.1) is 19.6 Å². The van der Waals surface area contributed by atoms with Crippen LogP contribution in [-0.4, -0.2) is 60.8 Å². The van der Waals surface area contributed by atoms with Crippen LogP contribution in [0, 0.1) is 5.92 Å². The third-order valence-corrected chi connectivity index (χ3v) is 7.19. The van der Waals surface area contributed by atoms with Gasteiger partial charge in [0.2, 0.25) is 12.7 Å². The molecule has 1 N–H and O–H groups in total. The molecule has 0 radical (unpaired) electrons. The molecule has 2 aliphatic rings. The molecule has 8 heteroatoms. The normalized spacial score (nSPS) is 20.5. The van der Waals surface area contributed by atoms with Crippen molar-refractivity contribution in [2.75, 3.05) is 34.0 Å². The van der Waals surface area contributed by atoms with E-state index < -0.39 is 17.9 Å². The van der Waals surface area contributed by atoms with E-state index >= 15 is 0 Å². The molecule has 3 atom stereocenters. The molecule has 0 spiro atoms. The Hall–Kier alpha value is -4.04. The third-order valence-electron chi connectivity index (χ3n) is 7.19. The van der Waals surface area contributed by atoms with Gasteiger partial charge in [-0.2, -0.15) is 0 Å². The molecule has 0 aliphatic carbocycles. The van der Waals surface area contributed by atoms with E-state index in [0.717, 1.165) is 16.7 Å². The standard InChI is InChI=1S/C29H30N2O6/c1-30(15-19-6-4-3-5-7-19)26(32)17-31-16-23(21-10-13-24-25(14-21)37-18-36-24)27(29(33)34)28(31)20-8-11-22(35-2)12-9-20/h3-14,23,27-28H,15-18H2,1-2H3,(H,33,34)/t23-,27-,28+/m0/s1. The van der Waals surface area contributed by atoms with Crippen molar-refractivity contribution in [2.45, 2.75) is 18.5 Å². The Kier molecular flexibility index (Phi) is 7.01. The molecule has 2 heterocycles. The zero-order valence-electron chi connectivity index (χ0n) is 20.9. The summed E-state index contributed by atoms with van der Waals surface area (Å²) < 4.78 is 16.3. The largest absolute Gasteiger partial charge is 0.497 e. The molecule has 3 aromatic carbocycles. The summed E-state index contributed by atoms with van der Waals surface area (Å²) in [4.78, 5) is 29.7. The van der Waals surface area contributed by atoms with E-state index in [1.807, 2.05) is 77.7 Å². The summed E-state index contributed by atoms with van der Waals surface area (Å²) in [6.45, 7) is 1.15. The van der Waals surface area contributed by atoms with Crippen molar-refractivity contribution in [3.05, 3.63) is 89.5 Å². The van der Waals surface area contributed by atoms with E-state index in [9.17, 15) is 14.7 Å². The maximum Gasteiger partial charge on any atom is 0.309 e. The van der Waals surface area contributed by atoms with Crippen LogP contribution in [0.5, 0.6) is 17.2 Å². The van der Waals surface area contributed by atoms with Crippen LogP contribution in [0.2, 0.25) is 0 Å². The molecule has 0 unspecified atom stereocenters. The summed E-state index contributed by atoms with van der Waals surface area (Å²) in [7, 11) is 3.37. The lowest BCUT2D eigenvalue weighted by molar-refractivity contribution is -0.143. The van der Waals surface area contributed by atoms with Gasteiger partial charge in [0.1, 0.15) is 5.75 Å². The number of likely N-dealkylation sites (N-methyl/N-ethyl adjacent to an activating group) is 1. The van der Waals surface area contributed by atoms with Crippen molar-refractivity contribution >= 4 is 11.9 Å². The Labute approximate surface area is 216 Å². The van der Waals surface area contributed by atoms with E-state index in [2.05, 4.69) is 0 Å². The number of carboxylic acids is 1. The summed E-state index contributed by atoms with van der Waals surface area (Å²) in [6.07, 6.45) is 0. The molecule has 5 rings (SSSR count). The van der Waals surface area contributed by atoms with Crippen LogP contribution in [0.4, 0.5) is 0 Å².